The average molecular weight is 324 g/mol. The van der Waals surface area contributed by atoms with Crippen LogP contribution in [0.4, 0.5) is 4.39 Å². The minimum absolute atomic E-state index is 0.0493. The van der Waals surface area contributed by atoms with E-state index in [1.807, 2.05) is 0 Å². The molecule has 128 valence electrons. The van der Waals surface area contributed by atoms with Gasteiger partial charge in [0.1, 0.15) is 0 Å². The Bertz CT molecular complexity index is 545. The SMILES string of the molecule is COc1ccc(CN(C)C(=O)CNC2(CO)CCCC2)cc1F. The highest BCUT2D eigenvalue weighted by Gasteiger charge is 2.33. The van der Waals surface area contributed by atoms with Crippen molar-refractivity contribution < 1.29 is 19.0 Å². The fraction of sp³-hybridized carbons (Fsp3) is 0.588. The van der Waals surface area contributed by atoms with Crippen LogP contribution in [-0.4, -0.2) is 48.8 Å². The molecule has 1 aliphatic carbocycles. The predicted octanol–water partition coefficient (Wildman–Crippen LogP) is 1.69. The van der Waals surface area contributed by atoms with Crippen LogP contribution in [-0.2, 0) is 11.3 Å². The molecule has 0 unspecified atom stereocenters. The van der Waals surface area contributed by atoms with E-state index in [1.54, 1.807) is 24.1 Å². The zero-order valence-corrected chi connectivity index (χ0v) is 13.8. The average Bonchev–Trinajstić information content (AvgIpc) is 3.02. The van der Waals surface area contributed by atoms with Crippen molar-refractivity contribution in [3.8, 4) is 5.75 Å². The molecule has 0 saturated heterocycles. The van der Waals surface area contributed by atoms with E-state index in [2.05, 4.69) is 5.32 Å². The number of carbonyl (C=O) groups excluding carboxylic acids is 1. The number of halogens is 1. The summed E-state index contributed by atoms with van der Waals surface area (Å²) in [5.41, 5.74) is 0.389. The topological polar surface area (TPSA) is 61.8 Å². The third-order valence-electron chi connectivity index (χ3n) is 4.54. The van der Waals surface area contributed by atoms with E-state index in [4.69, 9.17) is 4.74 Å². The highest BCUT2D eigenvalue weighted by Crippen LogP contribution is 2.28. The highest BCUT2D eigenvalue weighted by atomic mass is 19.1. The van der Waals surface area contributed by atoms with Crippen LogP contribution in [0.25, 0.3) is 0 Å². The zero-order chi connectivity index (χ0) is 16.9. The van der Waals surface area contributed by atoms with Gasteiger partial charge in [0.05, 0.1) is 20.3 Å². The molecule has 2 N–H and O–H groups in total. The van der Waals surface area contributed by atoms with Crippen LogP contribution in [0.1, 0.15) is 31.2 Å². The van der Waals surface area contributed by atoms with Crippen LogP contribution in [0.3, 0.4) is 0 Å². The summed E-state index contributed by atoms with van der Waals surface area (Å²) in [4.78, 5) is 13.8. The minimum Gasteiger partial charge on any atom is -0.494 e. The van der Waals surface area contributed by atoms with Crippen molar-refractivity contribution in [3.63, 3.8) is 0 Å². The molecule has 0 heterocycles. The van der Waals surface area contributed by atoms with Gasteiger partial charge in [-0.1, -0.05) is 18.9 Å². The maximum absolute atomic E-state index is 13.7. The molecule has 1 saturated carbocycles. The van der Waals surface area contributed by atoms with Crippen molar-refractivity contribution in [3.05, 3.63) is 29.6 Å². The van der Waals surface area contributed by atoms with Gasteiger partial charge in [-0.3, -0.25) is 4.79 Å². The maximum atomic E-state index is 13.7. The molecular weight excluding hydrogens is 299 g/mol. The van der Waals surface area contributed by atoms with E-state index in [0.29, 0.717) is 12.1 Å². The first-order valence-electron chi connectivity index (χ1n) is 7.92. The smallest absolute Gasteiger partial charge is 0.236 e. The lowest BCUT2D eigenvalue weighted by atomic mass is 9.99. The number of nitrogens with one attached hydrogen (secondary N) is 1. The van der Waals surface area contributed by atoms with E-state index < -0.39 is 5.82 Å². The lowest BCUT2D eigenvalue weighted by molar-refractivity contribution is -0.130. The Morgan fingerprint density at radius 2 is 2.13 bits per heavy atom. The van der Waals surface area contributed by atoms with Crippen LogP contribution in [0.2, 0.25) is 0 Å². The summed E-state index contributed by atoms with van der Waals surface area (Å²) >= 11 is 0. The molecule has 6 heteroatoms. The van der Waals surface area contributed by atoms with Crippen molar-refractivity contribution in [2.24, 2.45) is 0 Å². The molecular formula is C17H25FN2O3. The van der Waals surface area contributed by atoms with Crippen LogP contribution in [0.5, 0.6) is 5.75 Å². The number of aliphatic hydroxyl groups is 1. The Balaban J connectivity index is 1.88. The van der Waals surface area contributed by atoms with E-state index in [0.717, 1.165) is 25.7 Å². The van der Waals surface area contributed by atoms with Gasteiger partial charge < -0.3 is 20.1 Å². The molecule has 1 aromatic rings. The Kier molecular flexibility index (Phi) is 5.96. The quantitative estimate of drug-likeness (QED) is 0.801. The largest absolute Gasteiger partial charge is 0.494 e. The summed E-state index contributed by atoms with van der Waals surface area (Å²) in [6, 6.07) is 4.67. The number of carbonyl (C=O) groups is 1. The predicted molar refractivity (Wildman–Crippen MR) is 85.7 cm³/mol. The van der Waals surface area contributed by atoms with Crippen molar-refractivity contribution in [1.82, 2.24) is 10.2 Å². The molecule has 0 aliphatic heterocycles. The number of aliphatic hydroxyl groups excluding tert-OH is 1. The first-order chi connectivity index (χ1) is 11.0. The number of benzene rings is 1. The van der Waals surface area contributed by atoms with E-state index in [-0.39, 0.29) is 30.3 Å². The Morgan fingerprint density at radius 1 is 1.43 bits per heavy atom. The summed E-state index contributed by atoms with van der Waals surface area (Å²) < 4.78 is 18.6. The van der Waals surface area contributed by atoms with Gasteiger partial charge in [0, 0.05) is 19.1 Å². The van der Waals surface area contributed by atoms with Gasteiger partial charge in [0.2, 0.25) is 5.91 Å². The monoisotopic (exact) mass is 324 g/mol. The van der Waals surface area contributed by atoms with E-state index >= 15 is 0 Å². The van der Waals surface area contributed by atoms with Crippen LogP contribution < -0.4 is 10.1 Å². The van der Waals surface area contributed by atoms with Crippen molar-refractivity contribution in [2.75, 3.05) is 27.3 Å². The molecule has 0 spiro atoms. The van der Waals surface area contributed by atoms with Crippen molar-refractivity contribution in [2.45, 2.75) is 37.8 Å². The van der Waals surface area contributed by atoms with Crippen molar-refractivity contribution >= 4 is 5.91 Å². The summed E-state index contributed by atoms with van der Waals surface area (Å²) in [5.74, 6) is -0.328. The second kappa shape index (κ2) is 7.75. The maximum Gasteiger partial charge on any atom is 0.236 e. The second-order valence-electron chi connectivity index (χ2n) is 6.22. The first-order valence-corrected chi connectivity index (χ1v) is 7.92. The molecule has 23 heavy (non-hydrogen) atoms. The Morgan fingerprint density at radius 3 is 2.70 bits per heavy atom. The minimum atomic E-state index is -0.436. The summed E-state index contributed by atoms with van der Waals surface area (Å²) in [6.45, 7) is 0.553. The standard InChI is InChI=1S/C17H25FN2O3/c1-20(11-13-5-6-15(23-2)14(18)9-13)16(22)10-19-17(12-21)7-3-4-8-17/h5-6,9,19,21H,3-4,7-8,10-12H2,1-2H3. The number of ether oxygens (including phenoxy) is 1. The molecule has 1 amide bonds. The molecule has 1 aliphatic rings. The summed E-state index contributed by atoms with van der Waals surface area (Å²) in [5, 5.41) is 12.7. The van der Waals surface area contributed by atoms with Gasteiger partial charge in [-0.05, 0) is 30.5 Å². The van der Waals surface area contributed by atoms with Gasteiger partial charge >= 0.3 is 0 Å². The third kappa shape index (κ3) is 4.42. The molecule has 5 nitrogen and oxygen atoms in total. The number of rotatable bonds is 7. The number of amides is 1. The van der Waals surface area contributed by atoms with Gasteiger partial charge in [-0.25, -0.2) is 4.39 Å². The molecule has 0 atom stereocenters. The molecule has 1 fully saturated rings. The van der Waals surface area contributed by atoms with Gasteiger partial charge in [-0.15, -0.1) is 0 Å². The second-order valence-corrected chi connectivity index (χ2v) is 6.22. The lowest BCUT2D eigenvalue weighted by Crippen LogP contribution is -2.50. The third-order valence-corrected chi connectivity index (χ3v) is 4.54. The Labute approximate surface area is 136 Å². The molecule has 0 aromatic heterocycles. The number of methoxy groups -OCH3 is 1. The lowest BCUT2D eigenvalue weighted by Gasteiger charge is -2.29. The number of hydrogen-bond donors (Lipinski definition) is 2. The summed E-state index contributed by atoms with van der Waals surface area (Å²) in [6.07, 6.45) is 3.93. The number of nitrogens with zero attached hydrogens (tertiary/aromatic N) is 1. The van der Waals surface area contributed by atoms with Crippen LogP contribution in [0, 0.1) is 5.82 Å². The first kappa shape index (κ1) is 17.7. The molecule has 0 radical (unpaired) electrons. The van der Waals surface area contributed by atoms with Crippen LogP contribution in [0.15, 0.2) is 18.2 Å². The normalized spacial score (nSPS) is 16.3. The number of hydrogen-bond acceptors (Lipinski definition) is 4. The fourth-order valence-corrected chi connectivity index (χ4v) is 3.01. The van der Waals surface area contributed by atoms with Crippen LogP contribution >= 0.6 is 0 Å². The number of likely N-dealkylation sites (N-methyl/N-ethyl adjacent to an activating group) is 1. The van der Waals surface area contributed by atoms with Gasteiger partial charge in [0.25, 0.3) is 0 Å². The molecule has 1 aromatic carbocycles. The molecule has 0 bridgehead atoms. The molecule has 2 rings (SSSR count). The van der Waals surface area contributed by atoms with Gasteiger partial charge in [0.15, 0.2) is 11.6 Å². The van der Waals surface area contributed by atoms with E-state index in [1.165, 1.54) is 13.2 Å². The zero-order valence-electron chi connectivity index (χ0n) is 13.8. The van der Waals surface area contributed by atoms with E-state index in [9.17, 15) is 14.3 Å². The Hall–Kier alpha value is -1.66. The van der Waals surface area contributed by atoms with Crippen molar-refractivity contribution in [1.29, 1.82) is 0 Å². The van der Waals surface area contributed by atoms with Gasteiger partial charge in [-0.2, -0.15) is 0 Å². The fourth-order valence-electron chi connectivity index (χ4n) is 3.01. The highest BCUT2D eigenvalue weighted by molar-refractivity contribution is 5.78. The summed E-state index contributed by atoms with van der Waals surface area (Å²) in [7, 11) is 3.10.